The molecular weight excluding hydrogens is 281 g/mol. The van der Waals surface area contributed by atoms with E-state index in [9.17, 15) is 18.0 Å². The van der Waals surface area contributed by atoms with Gasteiger partial charge < -0.3 is 10.2 Å². The molecule has 1 rings (SSSR count). The van der Waals surface area contributed by atoms with Gasteiger partial charge >= 0.3 is 6.18 Å². The highest BCUT2D eigenvalue weighted by atomic mass is 19.4. The fourth-order valence-electron chi connectivity index (χ4n) is 3.16. The van der Waals surface area contributed by atoms with Gasteiger partial charge in [-0.05, 0) is 31.7 Å². The Morgan fingerprint density at radius 2 is 2.05 bits per heavy atom. The van der Waals surface area contributed by atoms with Crippen LogP contribution in [0.3, 0.4) is 0 Å². The minimum absolute atomic E-state index is 0.0199. The van der Waals surface area contributed by atoms with Crippen LogP contribution in [0.4, 0.5) is 13.2 Å². The average Bonchev–Trinajstić information content (AvgIpc) is 2.36. The van der Waals surface area contributed by atoms with Crippen LogP contribution in [0.1, 0.15) is 46.5 Å². The first-order chi connectivity index (χ1) is 9.70. The lowest BCUT2D eigenvalue weighted by Gasteiger charge is -2.40. The highest BCUT2D eigenvalue weighted by Gasteiger charge is 2.44. The molecule has 0 radical (unpaired) electrons. The third-order valence-corrected chi connectivity index (χ3v) is 3.90. The number of hydrogen-bond donors (Lipinski definition) is 1. The Bertz CT molecular complexity index is 331. The Hall–Kier alpha value is -0.780. The van der Waals surface area contributed by atoms with Gasteiger partial charge in [0, 0.05) is 13.1 Å². The van der Waals surface area contributed by atoms with Crippen molar-refractivity contribution in [3.8, 4) is 0 Å². The number of rotatable bonds is 6. The third-order valence-electron chi connectivity index (χ3n) is 3.90. The summed E-state index contributed by atoms with van der Waals surface area (Å²) in [5.41, 5.74) is -0.660. The van der Waals surface area contributed by atoms with E-state index in [0.717, 1.165) is 24.3 Å². The minimum Gasteiger partial charge on any atom is -0.333 e. The number of carbonyl (C=O) groups excluding carboxylic acids is 1. The standard InChI is InChI=1S/C15H27F3N2O/c1-4-6-14(7-5-8-19-10-14)13(21)20(9-12(2)3)11-15(16,17)18/h12,19H,4-11H2,1-3H3. The van der Waals surface area contributed by atoms with Crippen molar-refractivity contribution in [2.45, 2.75) is 52.6 Å². The Kier molecular flexibility index (Phi) is 6.50. The zero-order chi connectivity index (χ0) is 16.1. The number of alkyl halides is 3. The predicted molar refractivity (Wildman–Crippen MR) is 76.9 cm³/mol. The van der Waals surface area contributed by atoms with E-state index in [1.807, 2.05) is 20.8 Å². The maximum atomic E-state index is 12.8. The summed E-state index contributed by atoms with van der Waals surface area (Å²) in [5.74, 6) is -0.311. The van der Waals surface area contributed by atoms with Crippen LogP contribution in [0.25, 0.3) is 0 Å². The summed E-state index contributed by atoms with van der Waals surface area (Å²) in [6.07, 6.45) is -1.38. The smallest absolute Gasteiger partial charge is 0.333 e. The molecule has 0 aromatic heterocycles. The number of piperidine rings is 1. The van der Waals surface area contributed by atoms with Crippen molar-refractivity contribution in [3.63, 3.8) is 0 Å². The number of hydrogen-bond acceptors (Lipinski definition) is 2. The summed E-state index contributed by atoms with van der Waals surface area (Å²) in [5, 5.41) is 3.18. The van der Waals surface area contributed by atoms with Crippen molar-refractivity contribution in [1.29, 1.82) is 0 Å². The van der Waals surface area contributed by atoms with Crippen molar-refractivity contribution in [2.24, 2.45) is 11.3 Å². The molecule has 1 aliphatic heterocycles. The molecule has 0 aliphatic carbocycles. The Morgan fingerprint density at radius 1 is 1.38 bits per heavy atom. The van der Waals surface area contributed by atoms with E-state index >= 15 is 0 Å². The molecule has 21 heavy (non-hydrogen) atoms. The number of halogens is 3. The van der Waals surface area contributed by atoms with Crippen LogP contribution in [-0.4, -0.2) is 43.2 Å². The van der Waals surface area contributed by atoms with Crippen molar-refractivity contribution in [3.05, 3.63) is 0 Å². The Balaban J connectivity index is 2.93. The van der Waals surface area contributed by atoms with Gasteiger partial charge in [0.1, 0.15) is 6.54 Å². The lowest BCUT2D eigenvalue weighted by atomic mass is 9.75. The zero-order valence-corrected chi connectivity index (χ0v) is 13.2. The summed E-state index contributed by atoms with van der Waals surface area (Å²) in [7, 11) is 0. The normalized spacial score (nSPS) is 23.4. The maximum absolute atomic E-state index is 12.8. The number of nitrogens with one attached hydrogen (secondary N) is 1. The molecule has 0 spiro atoms. The van der Waals surface area contributed by atoms with E-state index < -0.39 is 18.1 Å². The SMILES string of the molecule is CCCC1(C(=O)N(CC(C)C)CC(F)(F)F)CCCNC1. The second-order valence-corrected chi connectivity index (χ2v) is 6.51. The second kappa shape index (κ2) is 7.47. The molecule has 0 bridgehead atoms. The summed E-state index contributed by atoms with van der Waals surface area (Å²) in [6.45, 7) is 5.98. The van der Waals surface area contributed by atoms with E-state index in [1.54, 1.807) is 0 Å². The quantitative estimate of drug-likeness (QED) is 0.817. The van der Waals surface area contributed by atoms with Gasteiger partial charge in [-0.15, -0.1) is 0 Å². The second-order valence-electron chi connectivity index (χ2n) is 6.51. The molecule has 1 amide bonds. The van der Waals surface area contributed by atoms with Crippen LogP contribution >= 0.6 is 0 Å². The van der Waals surface area contributed by atoms with E-state index in [2.05, 4.69) is 5.32 Å². The molecule has 3 nitrogen and oxygen atoms in total. The fraction of sp³-hybridized carbons (Fsp3) is 0.933. The molecule has 1 fully saturated rings. The first-order valence-corrected chi connectivity index (χ1v) is 7.77. The summed E-state index contributed by atoms with van der Waals surface area (Å²) in [4.78, 5) is 13.8. The van der Waals surface area contributed by atoms with Gasteiger partial charge in [0.05, 0.1) is 5.41 Å². The Labute approximate surface area is 125 Å². The molecule has 0 aromatic rings. The maximum Gasteiger partial charge on any atom is 0.406 e. The average molecular weight is 308 g/mol. The highest BCUT2D eigenvalue weighted by molar-refractivity contribution is 5.83. The first kappa shape index (κ1) is 18.3. The van der Waals surface area contributed by atoms with E-state index in [1.165, 1.54) is 0 Å². The number of nitrogens with zero attached hydrogens (tertiary/aromatic N) is 1. The van der Waals surface area contributed by atoms with Gasteiger partial charge in [-0.2, -0.15) is 13.2 Å². The molecule has 6 heteroatoms. The molecule has 1 atom stereocenters. The molecule has 1 N–H and O–H groups in total. The van der Waals surface area contributed by atoms with E-state index in [0.29, 0.717) is 19.4 Å². The van der Waals surface area contributed by atoms with E-state index in [-0.39, 0.29) is 18.4 Å². The molecule has 1 aliphatic rings. The first-order valence-electron chi connectivity index (χ1n) is 7.77. The molecule has 0 aromatic carbocycles. The molecule has 1 heterocycles. The third kappa shape index (κ3) is 5.49. The topological polar surface area (TPSA) is 32.3 Å². The highest BCUT2D eigenvalue weighted by Crippen LogP contribution is 2.35. The van der Waals surface area contributed by atoms with Gasteiger partial charge in [-0.25, -0.2) is 0 Å². The summed E-state index contributed by atoms with van der Waals surface area (Å²) in [6, 6.07) is 0. The van der Waals surface area contributed by atoms with Crippen LogP contribution in [0.5, 0.6) is 0 Å². The Morgan fingerprint density at radius 3 is 2.48 bits per heavy atom. The summed E-state index contributed by atoms with van der Waals surface area (Å²) >= 11 is 0. The molecule has 124 valence electrons. The lowest BCUT2D eigenvalue weighted by molar-refractivity contribution is -0.170. The van der Waals surface area contributed by atoms with Gasteiger partial charge in [-0.3, -0.25) is 4.79 Å². The van der Waals surface area contributed by atoms with Gasteiger partial charge in [0.2, 0.25) is 5.91 Å². The van der Waals surface area contributed by atoms with Crippen LogP contribution in [0, 0.1) is 11.3 Å². The number of carbonyl (C=O) groups is 1. The van der Waals surface area contributed by atoms with Crippen LogP contribution < -0.4 is 5.32 Å². The molecule has 0 saturated carbocycles. The largest absolute Gasteiger partial charge is 0.406 e. The zero-order valence-electron chi connectivity index (χ0n) is 13.2. The van der Waals surface area contributed by atoms with Crippen molar-refractivity contribution >= 4 is 5.91 Å². The fourth-order valence-corrected chi connectivity index (χ4v) is 3.16. The summed E-state index contributed by atoms with van der Waals surface area (Å²) < 4.78 is 38.4. The predicted octanol–water partition coefficient (Wildman–Crippen LogP) is 3.20. The number of amides is 1. The van der Waals surface area contributed by atoms with Gasteiger partial charge in [0.25, 0.3) is 0 Å². The van der Waals surface area contributed by atoms with Crippen LogP contribution in [0.2, 0.25) is 0 Å². The van der Waals surface area contributed by atoms with Crippen LogP contribution in [0.15, 0.2) is 0 Å². The monoisotopic (exact) mass is 308 g/mol. The molecule has 1 saturated heterocycles. The van der Waals surface area contributed by atoms with Gasteiger partial charge in [-0.1, -0.05) is 27.2 Å². The van der Waals surface area contributed by atoms with E-state index in [4.69, 9.17) is 0 Å². The van der Waals surface area contributed by atoms with Crippen LogP contribution in [-0.2, 0) is 4.79 Å². The lowest BCUT2D eigenvalue weighted by Crippen LogP contribution is -2.54. The van der Waals surface area contributed by atoms with Crippen molar-refractivity contribution < 1.29 is 18.0 Å². The minimum atomic E-state index is -4.35. The molecular formula is C15H27F3N2O. The molecule has 1 unspecified atom stereocenters. The van der Waals surface area contributed by atoms with Crippen molar-refractivity contribution in [1.82, 2.24) is 10.2 Å². The van der Waals surface area contributed by atoms with Crippen molar-refractivity contribution in [2.75, 3.05) is 26.2 Å². The van der Waals surface area contributed by atoms with Gasteiger partial charge in [0.15, 0.2) is 0 Å².